The fourth-order valence-electron chi connectivity index (χ4n) is 2.11. The number of aryl methyl sites for hydroxylation is 1. The van der Waals surface area contributed by atoms with Crippen molar-refractivity contribution in [2.45, 2.75) is 19.9 Å². The van der Waals surface area contributed by atoms with Crippen molar-refractivity contribution in [1.29, 1.82) is 0 Å². The third kappa shape index (κ3) is 3.93. The van der Waals surface area contributed by atoms with Gasteiger partial charge in [0.2, 0.25) is 0 Å². The monoisotopic (exact) mass is 269 g/mol. The van der Waals surface area contributed by atoms with Gasteiger partial charge in [-0.3, -0.25) is 0 Å². The first-order chi connectivity index (χ1) is 9.66. The van der Waals surface area contributed by atoms with Crippen LogP contribution in [0.1, 0.15) is 27.0 Å². The Hall–Kier alpha value is -2.13. The molecule has 0 spiro atoms. The van der Waals surface area contributed by atoms with Gasteiger partial charge in [-0.1, -0.05) is 48.0 Å². The van der Waals surface area contributed by atoms with Gasteiger partial charge in [-0.25, -0.2) is 4.79 Å². The van der Waals surface area contributed by atoms with Gasteiger partial charge in [-0.2, -0.15) is 0 Å². The molecule has 2 N–H and O–H groups in total. The third-order valence-electron chi connectivity index (χ3n) is 3.27. The molecule has 0 fully saturated rings. The molecule has 0 unspecified atom stereocenters. The second-order valence-corrected chi connectivity index (χ2v) is 4.87. The predicted molar refractivity (Wildman–Crippen MR) is 80.0 cm³/mol. The lowest BCUT2D eigenvalue weighted by molar-refractivity contribution is 0.0695. The van der Waals surface area contributed by atoms with Crippen molar-refractivity contribution in [3.63, 3.8) is 0 Å². The standard InChI is InChI=1S/C17H19NO2/c1-13-6-8-14(9-7-13)12-18-11-10-15-4-2-3-5-16(15)17(19)20/h2-9,18H,10-12H2,1H3,(H,19,20). The van der Waals surface area contributed by atoms with E-state index < -0.39 is 5.97 Å². The van der Waals surface area contributed by atoms with E-state index in [9.17, 15) is 4.79 Å². The third-order valence-corrected chi connectivity index (χ3v) is 3.27. The van der Waals surface area contributed by atoms with Gasteiger partial charge < -0.3 is 10.4 Å². The lowest BCUT2D eigenvalue weighted by Crippen LogP contribution is -2.17. The van der Waals surface area contributed by atoms with E-state index >= 15 is 0 Å². The van der Waals surface area contributed by atoms with Crippen LogP contribution in [-0.2, 0) is 13.0 Å². The average Bonchev–Trinajstić information content (AvgIpc) is 2.46. The molecule has 0 atom stereocenters. The molecule has 0 saturated heterocycles. The van der Waals surface area contributed by atoms with Crippen molar-refractivity contribution in [1.82, 2.24) is 5.32 Å². The number of nitrogens with one attached hydrogen (secondary N) is 1. The van der Waals surface area contributed by atoms with Crippen LogP contribution in [-0.4, -0.2) is 17.6 Å². The summed E-state index contributed by atoms with van der Waals surface area (Å²) in [5.41, 5.74) is 3.76. The van der Waals surface area contributed by atoms with Gasteiger partial charge in [-0.05, 0) is 37.1 Å². The van der Waals surface area contributed by atoms with E-state index in [0.29, 0.717) is 12.0 Å². The molecule has 2 aromatic rings. The molecule has 0 aromatic heterocycles. The Bertz CT molecular complexity index is 576. The topological polar surface area (TPSA) is 49.3 Å². The molecule has 104 valence electrons. The van der Waals surface area contributed by atoms with E-state index in [1.54, 1.807) is 12.1 Å². The summed E-state index contributed by atoms with van der Waals surface area (Å²) in [4.78, 5) is 11.1. The number of hydrogen-bond donors (Lipinski definition) is 2. The summed E-state index contributed by atoms with van der Waals surface area (Å²) in [6, 6.07) is 15.6. The highest BCUT2D eigenvalue weighted by Gasteiger charge is 2.07. The second kappa shape index (κ2) is 6.87. The summed E-state index contributed by atoms with van der Waals surface area (Å²) in [5.74, 6) is -0.862. The zero-order valence-corrected chi connectivity index (χ0v) is 11.6. The number of rotatable bonds is 6. The molecular weight excluding hydrogens is 250 g/mol. The molecule has 0 aliphatic heterocycles. The largest absolute Gasteiger partial charge is 0.478 e. The lowest BCUT2D eigenvalue weighted by atomic mass is 10.0. The van der Waals surface area contributed by atoms with Crippen molar-refractivity contribution in [2.75, 3.05) is 6.54 Å². The van der Waals surface area contributed by atoms with Crippen molar-refractivity contribution in [3.05, 3.63) is 70.8 Å². The quantitative estimate of drug-likeness (QED) is 0.792. The van der Waals surface area contributed by atoms with Crippen molar-refractivity contribution >= 4 is 5.97 Å². The molecule has 0 radical (unpaired) electrons. The molecule has 0 heterocycles. The number of carbonyl (C=O) groups is 1. The summed E-state index contributed by atoms with van der Waals surface area (Å²) >= 11 is 0. The van der Waals surface area contributed by atoms with E-state index in [-0.39, 0.29) is 0 Å². The molecule has 2 aromatic carbocycles. The van der Waals surface area contributed by atoms with Crippen LogP contribution in [0.4, 0.5) is 0 Å². The first-order valence-electron chi connectivity index (χ1n) is 6.74. The fourth-order valence-corrected chi connectivity index (χ4v) is 2.11. The molecule has 3 heteroatoms. The van der Waals surface area contributed by atoms with Gasteiger partial charge in [0.25, 0.3) is 0 Å². The maximum atomic E-state index is 11.1. The maximum Gasteiger partial charge on any atom is 0.335 e. The Kier molecular flexibility index (Phi) is 4.91. The second-order valence-electron chi connectivity index (χ2n) is 4.87. The molecule has 3 nitrogen and oxygen atoms in total. The van der Waals surface area contributed by atoms with Crippen molar-refractivity contribution in [3.8, 4) is 0 Å². The SMILES string of the molecule is Cc1ccc(CNCCc2ccccc2C(=O)O)cc1. The van der Waals surface area contributed by atoms with E-state index in [1.807, 2.05) is 12.1 Å². The Morgan fingerprint density at radius 3 is 2.50 bits per heavy atom. The Balaban J connectivity index is 1.84. The van der Waals surface area contributed by atoms with E-state index in [1.165, 1.54) is 11.1 Å². The number of benzene rings is 2. The van der Waals surface area contributed by atoms with Gasteiger partial charge in [-0.15, -0.1) is 0 Å². The van der Waals surface area contributed by atoms with Crippen LogP contribution in [0.2, 0.25) is 0 Å². The summed E-state index contributed by atoms with van der Waals surface area (Å²) in [6.45, 7) is 3.63. The van der Waals surface area contributed by atoms with Crippen molar-refractivity contribution in [2.24, 2.45) is 0 Å². The van der Waals surface area contributed by atoms with Gasteiger partial charge in [0, 0.05) is 6.54 Å². The molecule has 0 aliphatic carbocycles. The highest BCUT2D eigenvalue weighted by molar-refractivity contribution is 5.89. The number of aromatic carboxylic acids is 1. The average molecular weight is 269 g/mol. The lowest BCUT2D eigenvalue weighted by Gasteiger charge is -2.08. The van der Waals surface area contributed by atoms with Crippen LogP contribution in [0.5, 0.6) is 0 Å². The first-order valence-corrected chi connectivity index (χ1v) is 6.74. The van der Waals surface area contributed by atoms with Crippen molar-refractivity contribution < 1.29 is 9.90 Å². The summed E-state index contributed by atoms with van der Waals surface area (Å²) in [5, 5.41) is 12.4. The normalized spacial score (nSPS) is 10.4. The van der Waals surface area contributed by atoms with Gasteiger partial charge >= 0.3 is 5.97 Å². The van der Waals surface area contributed by atoms with Crippen LogP contribution in [0.25, 0.3) is 0 Å². The van der Waals surface area contributed by atoms with E-state index in [2.05, 4.69) is 36.5 Å². The summed E-state index contributed by atoms with van der Waals surface area (Å²) in [6.07, 6.45) is 0.717. The zero-order chi connectivity index (χ0) is 14.4. The van der Waals surface area contributed by atoms with Gasteiger partial charge in [0.15, 0.2) is 0 Å². The maximum absolute atomic E-state index is 11.1. The molecule has 0 saturated carbocycles. The first kappa shape index (κ1) is 14.3. The highest BCUT2D eigenvalue weighted by atomic mass is 16.4. The number of carboxylic acids is 1. The minimum Gasteiger partial charge on any atom is -0.478 e. The van der Waals surface area contributed by atoms with Crippen LogP contribution in [0, 0.1) is 6.92 Å². The smallest absolute Gasteiger partial charge is 0.335 e. The summed E-state index contributed by atoms with van der Waals surface area (Å²) in [7, 11) is 0. The van der Waals surface area contributed by atoms with Crippen LogP contribution in [0.15, 0.2) is 48.5 Å². The minimum atomic E-state index is -0.862. The molecule has 2 rings (SSSR count). The van der Waals surface area contributed by atoms with Gasteiger partial charge in [0.05, 0.1) is 5.56 Å². The number of carboxylic acid groups (broad SMARTS) is 1. The predicted octanol–water partition coefficient (Wildman–Crippen LogP) is 3.03. The van der Waals surface area contributed by atoms with Crippen LogP contribution >= 0.6 is 0 Å². The van der Waals surface area contributed by atoms with E-state index in [4.69, 9.17) is 5.11 Å². The van der Waals surface area contributed by atoms with Crippen LogP contribution in [0.3, 0.4) is 0 Å². The van der Waals surface area contributed by atoms with E-state index in [0.717, 1.165) is 18.7 Å². The fraction of sp³-hybridized carbons (Fsp3) is 0.235. The zero-order valence-electron chi connectivity index (χ0n) is 11.6. The molecule has 0 amide bonds. The summed E-state index contributed by atoms with van der Waals surface area (Å²) < 4.78 is 0. The molecule has 0 bridgehead atoms. The molecule has 0 aliphatic rings. The molecular formula is C17H19NO2. The Morgan fingerprint density at radius 1 is 1.10 bits per heavy atom. The molecule has 20 heavy (non-hydrogen) atoms. The minimum absolute atomic E-state index is 0.393. The Labute approximate surface area is 119 Å². The highest BCUT2D eigenvalue weighted by Crippen LogP contribution is 2.09. The Morgan fingerprint density at radius 2 is 1.80 bits per heavy atom. The number of hydrogen-bond acceptors (Lipinski definition) is 2. The van der Waals surface area contributed by atoms with Gasteiger partial charge in [0.1, 0.15) is 0 Å². The van der Waals surface area contributed by atoms with Crippen LogP contribution < -0.4 is 5.32 Å².